The molecule has 4 rings (SSSR count). The lowest BCUT2D eigenvalue weighted by Crippen LogP contribution is -2.34. The lowest BCUT2D eigenvalue weighted by Gasteiger charge is -2.30. The summed E-state index contributed by atoms with van der Waals surface area (Å²) in [7, 11) is -3.66. The molecule has 1 aliphatic heterocycles. The third-order valence-corrected chi connectivity index (χ3v) is 6.26. The highest BCUT2D eigenvalue weighted by molar-refractivity contribution is 7.92. The van der Waals surface area contributed by atoms with E-state index in [9.17, 15) is 8.42 Å². The molecule has 0 unspecified atom stereocenters. The third kappa shape index (κ3) is 2.91. The van der Waals surface area contributed by atoms with Gasteiger partial charge < -0.3 is 0 Å². The molecule has 4 nitrogen and oxygen atoms in total. The van der Waals surface area contributed by atoms with Crippen molar-refractivity contribution in [2.45, 2.75) is 11.8 Å². The van der Waals surface area contributed by atoms with Gasteiger partial charge >= 0.3 is 0 Å². The number of fused-ring (bicyclic) bond motifs is 1. The molecule has 2 aromatic carbocycles. The van der Waals surface area contributed by atoms with Gasteiger partial charge in [-0.15, -0.1) is 0 Å². The Morgan fingerprint density at radius 1 is 0.962 bits per heavy atom. The molecule has 1 aliphatic rings. The molecule has 0 spiro atoms. The maximum absolute atomic E-state index is 13.3. The first-order valence-electron chi connectivity index (χ1n) is 8.35. The molecule has 0 radical (unpaired) electrons. The van der Waals surface area contributed by atoms with Crippen LogP contribution in [0.2, 0.25) is 0 Å². The second kappa shape index (κ2) is 6.42. The van der Waals surface area contributed by atoms with Gasteiger partial charge in [0.15, 0.2) is 0 Å². The van der Waals surface area contributed by atoms with E-state index in [1.807, 2.05) is 61.5 Å². The largest absolute Gasteiger partial charge is 0.264 e. The number of hydrogen-bond donors (Lipinski definition) is 0. The summed E-state index contributed by atoms with van der Waals surface area (Å²) in [6.07, 6.45) is 5.51. The van der Waals surface area contributed by atoms with Gasteiger partial charge in [-0.05, 0) is 54.0 Å². The second-order valence-electron chi connectivity index (χ2n) is 6.29. The molecule has 26 heavy (non-hydrogen) atoms. The number of anilines is 1. The lowest BCUT2D eigenvalue weighted by atomic mass is 10.00. The first kappa shape index (κ1) is 16.5. The summed E-state index contributed by atoms with van der Waals surface area (Å²) in [4.78, 5) is 4.46. The van der Waals surface area contributed by atoms with Crippen molar-refractivity contribution in [3.05, 3.63) is 89.7 Å². The SMILES string of the molecule is Cc1ccc(S(=O)(=O)N2CC(c3cccnc3)=Cc3ccccc32)cc1. The zero-order valence-electron chi connectivity index (χ0n) is 14.3. The fourth-order valence-electron chi connectivity index (χ4n) is 3.09. The molecule has 0 saturated carbocycles. The van der Waals surface area contributed by atoms with E-state index in [1.165, 1.54) is 4.31 Å². The fraction of sp³-hybridized carbons (Fsp3) is 0.0952. The molecule has 0 aliphatic carbocycles. The molecular weight excluding hydrogens is 344 g/mol. The minimum Gasteiger partial charge on any atom is -0.264 e. The minimum absolute atomic E-state index is 0.277. The third-order valence-electron chi connectivity index (χ3n) is 4.49. The normalized spacial score (nSPS) is 13.9. The Hall–Kier alpha value is -2.92. The summed E-state index contributed by atoms with van der Waals surface area (Å²) in [5, 5.41) is 0. The summed E-state index contributed by atoms with van der Waals surface area (Å²) in [6, 6.07) is 18.3. The van der Waals surface area contributed by atoms with Gasteiger partial charge in [-0.25, -0.2) is 8.42 Å². The number of nitrogens with zero attached hydrogens (tertiary/aromatic N) is 2. The molecule has 0 amide bonds. The van der Waals surface area contributed by atoms with Crippen molar-refractivity contribution < 1.29 is 8.42 Å². The maximum Gasteiger partial charge on any atom is 0.264 e. The molecule has 0 atom stereocenters. The Bertz CT molecular complexity index is 1070. The average molecular weight is 362 g/mol. The van der Waals surface area contributed by atoms with E-state index in [1.54, 1.807) is 24.5 Å². The van der Waals surface area contributed by atoms with Crippen LogP contribution in [0, 0.1) is 6.92 Å². The van der Waals surface area contributed by atoms with Crippen molar-refractivity contribution in [2.24, 2.45) is 0 Å². The molecule has 0 bridgehead atoms. The van der Waals surface area contributed by atoms with Gasteiger partial charge in [0.05, 0.1) is 17.1 Å². The Kier molecular flexibility index (Phi) is 4.09. The Morgan fingerprint density at radius 3 is 2.46 bits per heavy atom. The fourth-order valence-corrected chi connectivity index (χ4v) is 4.56. The van der Waals surface area contributed by atoms with Gasteiger partial charge in [0.1, 0.15) is 0 Å². The zero-order chi connectivity index (χ0) is 18.1. The average Bonchev–Trinajstić information content (AvgIpc) is 2.68. The first-order chi connectivity index (χ1) is 12.6. The van der Waals surface area contributed by atoms with E-state index in [0.717, 1.165) is 22.3 Å². The van der Waals surface area contributed by atoms with Crippen LogP contribution in [0.3, 0.4) is 0 Å². The summed E-state index contributed by atoms with van der Waals surface area (Å²) >= 11 is 0. The molecule has 0 saturated heterocycles. The van der Waals surface area contributed by atoms with Crippen LogP contribution >= 0.6 is 0 Å². The van der Waals surface area contributed by atoms with Crippen LogP contribution < -0.4 is 4.31 Å². The Morgan fingerprint density at radius 2 is 1.73 bits per heavy atom. The van der Waals surface area contributed by atoms with Crippen molar-refractivity contribution in [2.75, 3.05) is 10.8 Å². The van der Waals surface area contributed by atoms with E-state index in [-0.39, 0.29) is 6.54 Å². The van der Waals surface area contributed by atoms with Crippen molar-refractivity contribution in [1.29, 1.82) is 0 Å². The summed E-state index contributed by atoms with van der Waals surface area (Å²) in [5.74, 6) is 0. The van der Waals surface area contributed by atoms with Gasteiger partial charge in [-0.3, -0.25) is 9.29 Å². The summed E-state index contributed by atoms with van der Waals surface area (Å²) in [5.41, 5.74) is 4.45. The number of aromatic nitrogens is 1. The number of benzene rings is 2. The topological polar surface area (TPSA) is 50.3 Å². The molecule has 0 N–H and O–H groups in total. The number of pyridine rings is 1. The predicted octanol–water partition coefficient (Wildman–Crippen LogP) is 4.14. The van der Waals surface area contributed by atoms with Gasteiger partial charge in [0.2, 0.25) is 0 Å². The number of aryl methyl sites for hydroxylation is 1. The van der Waals surface area contributed by atoms with Crippen LogP contribution in [-0.4, -0.2) is 19.9 Å². The number of rotatable bonds is 3. The predicted molar refractivity (Wildman–Crippen MR) is 104 cm³/mol. The minimum atomic E-state index is -3.66. The van der Waals surface area contributed by atoms with E-state index in [0.29, 0.717) is 10.6 Å². The smallest absolute Gasteiger partial charge is 0.264 e. The van der Waals surface area contributed by atoms with E-state index < -0.39 is 10.0 Å². The lowest BCUT2D eigenvalue weighted by molar-refractivity contribution is 0.593. The second-order valence-corrected chi connectivity index (χ2v) is 8.16. The Balaban J connectivity index is 1.84. The molecule has 0 fully saturated rings. The van der Waals surface area contributed by atoms with Crippen LogP contribution in [0.4, 0.5) is 5.69 Å². The highest BCUT2D eigenvalue weighted by Gasteiger charge is 2.30. The van der Waals surface area contributed by atoms with Crippen LogP contribution in [0.25, 0.3) is 11.6 Å². The zero-order valence-corrected chi connectivity index (χ0v) is 15.1. The van der Waals surface area contributed by atoms with E-state index >= 15 is 0 Å². The van der Waals surface area contributed by atoms with E-state index in [2.05, 4.69) is 4.98 Å². The molecule has 1 aromatic heterocycles. The van der Waals surface area contributed by atoms with Crippen LogP contribution in [0.15, 0.2) is 78.0 Å². The molecule has 5 heteroatoms. The van der Waals surface area contributed by atoms with Crippen LogP contribution in [0.5, 0.6) is 0 Å². The van der Waals surface area contributed by atoms with Gasteiger partial charge in [0, 0.05) is 12.4 Å². The van der Waals surface area contributed by atoms with E-state index in [4.69, 9.17) is 0 Å². The maximum atomic E-state index is 13.3. The van der Waals surface area contributed by atoms with Gasteiger partial charge in [-0.1, -0.05) is 42.0 Å². The van der Waals surface area contributed by atoms with Gasteiger partial charge in [-0.2, -0.15) is 0 Å². The van der Waals surface area contributed by atoms with Crippen molar-refractivity contribution in [3.63, 3.8) is 0 Å². The summed E-state index contributed by atoms with van der Waals surface area (Å²) in [6.45, 7) is 2.22. The summed E-state index contributed by atoms with van der Waals surface area (Å²) < 4.78 is 28.1. The number of para-hydroxylation sites is 1. The van der Waals surface area contributed by atoms with Crippen molar-refractivity contribution in [3.8, 4) is 0 Å². The molecule has 3 aromatic rings. The van der Waals surface area contributed by atoms with Crippen LogP contribution in [-0.2, 0) is 10.0 Å². The first-order valence-corrected chi connectivity index (χ1v) is 9.79. The molecule has 130 valence electrons. The number of sulfonamides is 1. The quantitative estimate of drug-likeness (QED) is 0.704. The number of hydrogen-bond acceptors (Lipinski definition) is 3. The standard InChI is InChI=1S/C21H18N2O2S/c1-16-8-10-20(11-9-16)26(24,25)23-15-19(18-6-4-12-22-14-18)13-17-5-2-3-7-21(17)23/h2-14H,15H2,1H3. The monoisotopic (exact) mass is 362 g/mol. The van der Waals surface area contributed by atoms with Crippen molar-refractivity contribution in [1.82, 2.24) is 4.98 Å². The van der Waals surface area contributed by atoms with Crippen LogP contribution in [0.1, 0.15) is 16.7 Å². The molecule has 2 heterocycles. The van der Waals surface area contributed by atoms with Gasteiger partial charge in [0.25, 0.3) is 10.0 Å². The molecular formula is C21H18N2O2S. The highest BCUT2D eigenvalue weighted by Crippen LogP contribution is 2.36. The Labute approximate surface area is 153 Å². The van der Waals surface area contributed by atoms with Crippen molar-refractivity contribution >= 4 is 27.4 Å². The highest BCUT2D eigenvalue weighted by atomic mass is 32.2.